The standard InChI is InChI=1S/C13H18N2O2/c1-10(2)5-6-15-13(16)8-11(9-14)12-4-3-7-17-12/h3-4,7,10-11H,5-6,8H2,1-2H3,(H,15,16). The van der Waals surface area contributed by atoms with Gasteiger partial charge in [0, 0.05) is 13.0 Å². The molecule has 0 aliphatic rings. The monoisotopic (exact) mass is 234 g/mol. The lowest BCUT2D eigenvalue weighted by molar-refractivity contribution is -0.121. The highest BCUT2D eigenvalue weighted by Crippen LogP contribution is 2.18. The quantitative estimate of drug-likeness (QED) is 0.822. The van der Waals surface area contributed by atoms with Crippen molar-refractivity contribution in [3.05, 3.63) is 24.2 Å². The maximum Gasteiger partial charge on any atom is 0.221 e. The summed E-state index contributed by atoms with van der Waals surface area (Å²) in [4.78, 5) is 11.6. The highest BCUT2D eigenvalue weighted by atomic mass is 16.3. The number of nitrogens with zero attached hydrogens (tertiary/aromatic N) is 1. The van der Waals surface area contributed by atoms with E-state index in [4.69, 9.17) is 9.68 Å². The summed E-state index contributed by atoms with van der Waals surface area (Å²) < 4.78 is 5.13. The molecule has 0 saturated heterocycles. The van der Waals surface area contributed by atoms with Gasteiger partial charge in [-0.15, -0.1) is 0 Å². The van der Waals surface area contributed by atoms with E-state index in [1.54, 1.807) is 12.1 Å². The van der Waals surface area contributed by atoms with Crippen LogP contribution in [-0.4, -0.2) is 12.5 Å². The van der Waals surface area contributed by atoms with Crippen LogP contribution in [0, 0.1) is 17.2 Å². The van der Waals surface area contributed by atoms with Crippen LogP contribution in [0.2, 0.25) is 0 Å². The molecule has 1 aromatic rings. The Labute approximate surface area is 102 Å². The van der Waals surface area contributed by atoms with Gasteiger partial charge in [0.15, 0.2) is 0 Å². The van der Waals surface area contributed by atoms with Crippen LogP contribution in [0.3, 0.4) is 0 Å². The second-order valence-electron chi connectivity index (χ2n) is 4.43. The highest BCUT2D eigenvalue weighted by Gasteiger charge is 2.17. The number of nitriles is 1. The van der Waals surface area contributed by atoms with Gasteiger partial charge in [0.1, 0.15) is 11.7 Å². The molecular formula is C13H18N2O2. The van der Waals surface area contributed by atoms with Crippen molar-refractivity contribution < 1.29 is 9.21 Å². The molecule has 1 rings (SSSR count). The van der Waals surface area contributed by atoms with E-state index in [1.165, 1.54) is 6.26 Å². The van der Waals surface area contributed by atoms with Crippen LogP contribution in [0.5, 0.6) is 0 Å². The maximum absolute atomic E-state index is 11.6. The van der Waals surface area contributed by atoms with E-state index in [1.807, 2.05) is 0 Å². The van der Waals surface area contributed by atoms with E-state index in [0.29, 0.717) is 18.2 Å². The molecule has 0 aliphatic carbocycles. The van der Waals surface area contributed by atoms with Crippen LogP contribution in [0.4, 0.5) is 0 Å². The topological polar surface area (TPSA) is 66.0 Å². The van der Waals surface area contributed by atoms with Crippen LogP contribution in [0.1, 0.15) is 38.4 Å². The lowest BCUT2D eigenvalue weighted by atomic mass is 10.0. The minimum absolute atomic E-state index is 0.103. The van der Waals surface area contributed by atoms with Gasteiger partial charge in [-0.3, -0.25) is 4.79 Å². The molecule has 0 saturated carbocycles. The molecule has 1 amide bonds. The number of carbonyl (C=O) groups is 1. The van der Waals surface area contributed by atoms with Gasteiger partial charge >= 0.3 is 0 Å². The molecule has 4 nitrogen and oxygen atoms in total. The molecule has 4 heteroatoms. The zero-order valence-corrected chi connectivity index (χ0v) is 10.3. The first-order valence-corrected chi connectivity index (χ1v) is 5.83. The second kappa shape index (κ2) is 6.74. The number of hydrogen-bond acceptors (Lipinski definition) is 3. The minimum Gasteiger partial charge on any atom is -0.468 e. The third-order valence-corrected chi connectivity index (χ3v) is 2.48. The molecule has 1 heterocycles. The summed E-state index contributed by atoms with van der Waals surface area (Å²) in [7, 11) is 0. The van der Waals surface area contributed by atoms with Crippen LogP contribution in [0.15, 0.2) is 22.8 Å². The Morgan fingerprint density at radius 3 is 2.88 bits per heavy atom. The molecule has 0 aliphatic heterocycles. The summed E-state index contributed by atoms with van der Waals surface area (Å²) in [5, 5.41) is 11.8. The van der Waals surface area contributed by atoms with Gasteiger partial charge in [-0.1, -0.05) is 13.8 Å². The minimum atomic E-state index is -0.496. The van der Waals surface area contributed by atoms with Crippen molar-refractivity contribution in [2.75, 3.05) is 6.54 Å². The maximum atomic E-state index is 11.6. The van der Waals surface area contributed by atoms with E-state index >= 15 is 0 Å². The van der Waals surface area contributed by atoms with Gasteiger partial charge in [-0.2, -0.15) is 5.26 Å². The van der Waals surface area contributed by atoms with Crippen LogP contribution in [-0.2, 0) is 4.79 Å². The SMILES string of the molecule is CC(C)CCNC(=O)CC(C#N)c1ccco1. The number of nitrogens with one attached hydrogen (secondary N) is 1. The normalized spacial score (nSPS) is 12.1. The molecule has 1 N–H and O–H groups in total. The van der Waals surface area contributed by atoms with Gasteiger partial charge in [0.05, 0.1) is 12.3 Å². The fourth-order valence-corrected chi connectivity index (χ4v) is 1.46. The van der Waals surface area contributed by atoms with Crippen molar-refractivity contribution in [2.45, 2.75) is 32.6 Å². The fourth-order valence-electron chi connectivity index (χ4n) is 1.46. The lowest BCUT2D eigenvalue weighted by Gasteiger charge is -2.08. The highest BCUT2D eigenvalue weighted by molar-refractivity contribution is 5.77. The van der Waals surface area contributed by atoms with Crippen molar-refractivity contribution in [1.82, 2.24) is 5.32 Å². The molecule has 92 valence electrons. The summed E-state index contributed by atoms with van der Waals surface area (Å²) in [5.74, 6) is 0.510. The van der Waals surface area contributed by atoms with Gasteiger partial charge in [-0.05, 0) is 24.5 Å². The Hall–Kier alpha value is -1.76. The Morgan fingerprint density at radius 1 is 1.59 bits per heavy atom. The van der Waals surface area contributed by atoms with Gasteiger partial charge in [-0.25, -0.2) is 0 Å². The number of hydrogen-bond donors (Lipinski definition) is 1. The number of amides is 1. The number of furan rings is 1. The van der Waals surface area contributed by atoms with E-state index in [2.05, 4.69) is 25.2 Å². The van der Waals surface area contributed by atoms with Crippen molar-refractivity contribution in [3.63, 3.8) is 0 Å². The largest absolute Gasteiger partial charge is 0.468 e. The molecule has 0 spiro atoms. The Kier molecular flexibility index (Phi) is 5.28. The summed E-state index contributed by atoms with van der Waals surface area (Å²) >= 11 is 0. The molecule has 0 radical (unpaired) electrons. The van der Waals surface area contributed by atoms with Crippen molar-refractivity contribution in [1.29, 1.82) is 5.26 Å². The third-order valence-electron chi connectivity index (χ3n) is 2.48. The van der Waals surface area contributed by atoms with Crippen LogP contribution < -0.4 is 5.32 Å². The Balaban J connectivity index is 2.37. The molecule has 0 bridgehead atoms. The summed E-state index contributed by atoms with van der Waals surface area (Å²) in [5.41, 5.74) is 0. The smallest absolute Gasteiger partial charge is 0.221 e. The molecule has 0 fully saturated rings. The van der Waals surface area contributed by atoms with E-state index < -0.39 is 5.92 Å². The predicted molar refractivity (Wildman–Crippen MR) is 64.1 cm³/mol. The molecular weight excluding hydrogens is 216 g/mol. The first-order valence-electron chi connectivity index (χ1n) is 5.83. The van der Waals surface area contributed by atoms with Crippen molar-refractivity contribution in [2.24, 2.45) is 5.92 Å². The first kappa shape index (κ1) is 13.3. The molecule has 0 aromatic carbocycles. The predicted octanol–water partition coefficient (Wildman–Crippen LogP) is 2.44. The summed E-state index contributed by atoms with van der Waals surface area (Å²) in [6.07, 6.45) is 2.61. The van der Waals surface area contributed by atoms with Crippen molar-refractivity contribution in [3.8, 4) is 6.07 Å². The van der Waals surface area contributed by atoms with Gasteiger partial charge in [0.25, 0.3) is 0 Å². The zero-order chi connectivity index (χ0) is 12.7. The first-order chi connectivity index (χ1) is 8.13. The Morgan fingerprint density at radius 2 is 2.35 bits per heavy atom. The lowest BCUT2D eigenvalue weighted by Crippen LogP contribution is -2.26. The van der Waals surface area contributed by atoms with Gasteiger partial charge in [0.2, 0.25) is 5.91 Å². The summed E-state index contributed by atoms with van der Waals surface area (Å²) in [6.45, 7) is 4.87. The Bertz CT molecular complexity index is 377. The van der Waals surface area contributed by atoms with E-state index in [9.17, 15) is 4.79 Å². The van der Waals surface area contributed by atoms with Crippen LogP contribution >= 0.6 is 0 Å². The fraction of sp³-hybridized carbons (Fsp3) is 0.538. The third kappa shape index (κ3) is 4.73. The molecule has 1 unspecified atom stereocenters. The second-order valence-corrected chi connectivity index (χ2v) is 4.43. The zero-order valence-electron chi connectivity index (χ0n) is 10.3. The molecule has 17 heavy (non-hydrogen) atoms. The van der Waals surface area contributed by atoms with Crippen molar-refractivity contribution >= 4 is 5.91 Å². The van der Waals surface area contributed by atoms with Gasteiger partial charge < -0.3 is 9.73 Å². The molecule has 1 atom stereocenters. The van der Waals surface area contributed by atoms with Crippen LogP contribution in [0.25, 0.3) is 0 Å². The summed E-state index contributed by atoms with van der Waals surface area (Å²) in [6, 6.07) is 5.52. The van der Waals surface area contributed by atoms with E-state index in [0.717, 1.165) is 6.42 Å². The number of rotatable bonds is 6. The number of carbonyl (C=O) groups excluding carboxylic acids is 1. The molecule has 1 aromatic heterocycles. The average Bonchev–Trinajstić information content (AvgIpc) is 2.78. The average molecular weight is 234 g/mol. The van der Waals surface area contributed by atoms with E-state index in [-0.39, 0.29) is 12.3 Å².